The summed E-state index contributed by atoms with van der Waals surface area (Å²) in [5, 5.41) is 3.93. The van der Waals surface area contributed by atoms with Gasteiger partial charge in [0.15, 0.2) is 0 Å². The van der Waals surface area contributed by atoms with Gasteiger partial charge in [-0.25, -0.2) is 8.42 Å². The van der Waals surface area contributed by atoms with Crippen molar-refractivity contribution in [2.75, 3.05) is 17.4 Å². The number of nitrogens with one attached hydrogen (secondary N) is 1. The van der Waals surface area contributed by atoms with Crippen LogP contribution in [0.15, 0.2) is 108 Å². The molecule has 230 valence electrons. The Hall–Kier alpha value is -3.56. The SMILES string of the molecule is CCCNC(=O)C(Cc1ccccc1)N(Cc1ccc(Cl)c(Cl)c1)C(=O)CN(c1ccccc1)S(=O)(=O)c1ccc(Cl)cc1. The summed E-state index contributed by atoms with van der Waals surface area (Å²) in [6, 6.07) is 27.4. The third-order valence-corrected chi connectivity index (χ3v) is 9.66. The molecular formula is C33H32Cl3N3O4S. The highest BCUT2D eigenvalue weighted by atomic mass is 35.5. The monoisotopic (exact) mass is 671 g/mol. The average Bonchev–Trinajstić information content (AvgIpc) is 3.03. The Bertz CT molecular complexity index is 1670. The van der Waals surface area contributed by atoms with Crippen molar-refractivity contribution in [1.82, 2.24) is 10.2 Å². The fourth-order valence-corrected chi connectivity index (χ4v) is 6.47. The van der Waals surface area contributed by atoms with E-state index >= 15 is 0 Å². The maximum Gasteiger partial charge on any atom is 0.264 e. The lowest BCUT2D eigenvalue weighted by molar-refractivity contribution is -0.140. The van der Waals surface area contributed by atoms with E-state index in [9.17, 15) is 18.0 Å². The summed E-state index contributed by atoms with van der Waals surface area (Å²) in [5.41, 5.74) is 1.76. The van der Waals surface area contributed by atoms with Crippen molar-refractivity contribution in [2.45, 2.75) is 37.2 Å². The number of carbonyl (C=O) groups is 2. The minimum Gasteiger partial charge on any atom is -0.354 e. The predicted molar refractivity (Wildman–Crippen MR) is 177 cm³/mol. The van der Waals surface area contributed by atoms with E-state index < -0.39 is 28.5 Å². The highest BCUT2D eigenvalue weighted by Gasteiger charge is 2.34. The van der Waals surface area contributed by atoms with E-state index in [2.05, 4.69) is 5.32 Å². The maximum absolute atomic E-state index is 14.4. The highest BCUT2D eigenvalue weighted by molar-refractivity contribution is 7.92. The maximum atomic E-state index is 14.4. The lowest BCUT2D eigenvalue weighted by Gasteiger charge is -2.34. The molecule has 1 N–H and O–H groups in total. The van der Waals surface area contributed by atoms with Crippen LogP contribution in [0.2, 0.25) is 15.1 Å². The molecule has 0 heterocycles. The third kappa shape index (κ3) is 8.54. The van der Waals surface area contributed by atoms with Crippen LogP contribution in [0.25, 0.3) is 0 Å². The van der Waals surface area contributed by atoms with Crippen LogP contribution in [0.3, 0.4) is 0 Å². The summed E-state index contributed by atoms with van der Waals surface area (Å²) >= 11 is 18.5. The molecule has 0 saturated carbocycles. The van der Waals surface area contributed by atoms with E-state index in [1.165, 1.54) is 29.2 Å². The number of rotatable bonds is 13. The molecular weight excluding hydrogens is 641 g/mol. The molecule has 0 spiro atoms. The molecule has 7 nitrogen and oxygen atoms in total. The van der Waals surface area contributed by atoms with Crippen LogP contribution in [-0.2, 0) is 32.6 Å². The van der Waals surface area contributed by atoms with Crippen LogP contribution in [0, 0.1) is 0 Å². The van der Waals surface area contributed by atoms with Crippen molar-refractivity contribution in [3.8, 4) is 0 Å². The van der Waals surface area contributed by atoms with Crippen LogP contribution < -0.4 is 9.62 Å². The summed E-state index contributed by atoms with van der Waals surface area (Å²) in [4.78, 5) is 29.4. The van der Waals surface area contributed by atoms with Crippen LogP contribution in [-0.4, -0.2) is 44.3 Å². The fourth-order valence-electron chi connectivity index (χ4n) is 4.61. The lowest BCUT2D eigenvalue weighted by Crippen LogP contribution is -2.53. The Balaban J connectivity index is 1.79. The summed E-state index contributed by atoms with van der Waals surface area (Å²) in [6.07, 6.45) is 0.907. The van der Waals surface area contributed by atoms with Gasteiger partial charge < -0.3 is 10.2 Å². The second kappa shape index (κ2) is 15.4. The third-order valence-electron chi connectivity index (χ3n) is 6.88. The molecule has 0 radical (unpaired) electrons. The van der Waals surface area contributed by atoms with E-state index in [0.29, 0.717) is 39.3 Å². The number of halogens is 3. The Kier molecular flexibility index (Phi) is 11.7. The molecule has 0 fully saturated rings. The summed E-state index contributed by atoms with van der Waals surface area (Å²) < 4.78 is 29.0. The van der Waals surface area contributed by atoms with Gasteiger partial charge in [-0.05, 0) is 66.1 Å². The first-order valence-electron chi connectivity index (χ1n) is 14.0. The van der Waals surface area contributed by atoms with Crippen molar-refractivity contribution in [2.24, 2.45) is 0 Å². The number of amides is 2. The molecule has 1 atom stereocenters. The number of anilines is 1. The number of carbonyl (C=O) groups excluding carboxylic acids is 2. The molecule has 0 aromatic heterocycles. The van der Waals surface area contributed by atoms with Gasteiger partial charge in [0.05, 0.1) is 20.6 Å². The smallest absolute Gasteiger partial charge is 0.264 e. The molecule has 0 aliphatic rings. The summed E-state index contributed by atoms with van der Waals surface area (Å²) in [5.74, 6) is -0.930. The average molecular weight is 673 g/mol. The summed E-state index contributed by atoms with van der Waals surface area (Å²) in [7, 11) is -4.22. The number of para-hydroxylation sites is 1. The van der Waals surface area contributed by atoms with Gasteiger partial charge in [-0.1, -0.05) is 96.3 Å². The molecule has 0 bridgehead atoms. The standard InChI is InChI=1S/C33H32Cl3N3O4S/c1-2-19-37-33(41)31(21-24-9-5-3-6-10-24)38(22-25-13-18-29(35)30(36)20-25)32(40)23-39(27-11-7-4-8-12-27)44(42,43)28-16-14-26(34)15-17-28/h3-18,20,31H,2,19,21-23H2,1H3,(H,37,41). The lowest BCUT2D eigenvalue weighted by atomic mass is 10.0. The zero-order chi connectivity index (χ0) is 31.7. The van der Waals surface area contributed by atoms with Crippen LogP contribution in [0.1, 0.15) is 24.5 Å². The van der Waals surface area contributed by atoms with Gasteiger partial charge in [0.2, 0.25) is 11.8 Å². The Morgan fingerprint density at radius 1 is 0.795 bits per heavy atom. The van der Waals surface area contributed by atoms with Crippen molar-refractivity contribution < 1.29 is 18.0 Å². The van der Waals surface area contributed by atoms with Gasteiger partial charge in [-0.3, -0.25) is 13.9 Å². The number of nitrogens with zero attached hydrogens (tertiary/aromatic N) is 2. The second-order valence-corrected chi connectivity index (χ2v) is 13.2. The van der Waals surface area contributed by atoms with Crippen LogP contribution in [0.4, 0.5) is 5.69 Å². The molecule has 11 heteroatoms. The van der Waals surface area contributed by atoms with Crippen molar-refractivity contribution in [1.29, 1.82) is 0 Å². The first kappa shape index (κ1) is 33.3. The van der Waals surface area contributed by atoms with E-state index in [1.807, 2.05) is 37.3 Å². The van der Waals surface area contributed by atoms with Gasteiger partial charge in [0.1, 0.15) is 12.6 Å². The topological polar surface area (TPSA) is 86.8 Å². The molecule has 4 aromatic carbocycles. The fraction of sp³-hybridized carbons (Fsp3) is 0.212. The van der Waals surface area contributed by atoms with E-state index in [1.54, 1.807) is 48.5 Å². The minimum atomic E-state index is -4.22. The highest BCUT2D eigenvalue weighted by Crippen LogP contribution is 2.27. The molecule has 2 amide bonds. The van der Waals surface area contributed by atoms with Gasteiger partial charge in [-0.15, -0.1) is 0 Å². The summed E-state index contributed by atoms with van der Waals surface area (Å²) in [6.45, 7) is 1.77. The quantitative estimate of drug-likeness (QED) is 0.166. The van der Waals surface area contributed by atoms with E-state index in [4.69, 9.17) is 34.8 Å². The zero-order valence-electron chi connectivity index (χ0n) is 24.0. The minimum absolute atomic E-state index is 0.0175. The molecule has 44 heavy (non-hydrogen) atoms. The Morgan fingerprint density at radius 3 is 2.05 bits per heavy atom. The molecule has 4 aromatic rings. The number of hydrogen-bond donors (Lipinski definition) is 1. The van der Waals surface area contributed by atoms with Gasteiger partial charge in [-0.2, -0.15) is 0 Å². The Morgan fingerprint density at radius 2 is 1.43 bits per heavy atom. The van der Waals surface area contributed by atoms with Gasteiger partial charge in [0.25, 0.3) is 10.0 Å². The number of sulfonamides is 1. The van der Waals surface area contributed by atoms with Crippen LogP contribution >= 0.6 is 34.8 Å². The molecule has 0 saturated heterocycles. The first-order chi connectivity index (χ1) is 21.1. The number of benzene rings is 4. The molecule has 1 unspecified atom stereocenters. The van der Waals surface area contributed by atoms with Crippen molar-refractivity contribution in [3.63, 3.8) is 0 Å². The van der Waals surface area contributed by atoms with E-state index in [-0.39, 0.29) is 23.8 Å². The Labute approximate surface area is 273 Å². The second-order valence-electron chi connectivity index (χ2n) is 10.1. The largest absolute Gasteiger partial charge is 0.354 e. The zero-order valence-corrected chi connectivity index (χ0v) is 27.1. The molecule has 0 aliphatic heterocycles. The molecule has 0 aliphatic carbocycles. The van der Waals surface area contributed by atoms with E-state index in [0.717, 1.165) is 9.87 Å². The predicted octanol–water partition coefficient (Wildman–Crippen LogP) is 7.01. The van der Waals surface area contributed by atoms with Gasteiger partial charge in [0, 0.05) is 24.5 Å². The number of hydrogen-bond acceptors (Lipinski definition) is 4. The molecule has 4 rings (SSSR count). The normalized spacial score (nSPS) is 11.9. The van der Waals surface area contributed by atoms with Crippen molar-refractivity contribution in [3.05, 3.63) is 129 Å². The van der Waals surface area contributed by atoms with Crippen molar-refractivity contribution >= 4 is 62.3 Å². The first-order valence-corrected chi connectivity index (χ1v) is 16.6. The van der Waals surface area contributed by atoms with Gasteiger partial charge >= 0.3 is 0 Å². The van der Waals surface area contributed by atoms with Crippen LogP contribution in [0.5, 0.6) is 0 Å².